The van der Waals surface area contributed by atoms with Gasteiger partial charge in [-0.3, -0.25) is 0 Å². The van der Waals surface area contributed by atoms with Crippen LogP contribution in [-0.2, 0) is 4.74 Å². The van der Waals surface area contributed by atoms with Crippen molar-refractivity contribution in [2.45, 2.75) is 34.1 Å². The van der Waals surface area contributed by atoms with Crippen molar-refractivity contribution in [3.63, 3.8) is 0 Å². The van der Waals surface area contributed by atoms with Gasteiger partial charge in [0.25, 0.3) is 0 Å². The van der Waals surface area contributed by atoms with Gasteiger partial charge in [-0.05, 0) is 18.8 Å². The van der Waals surface area contributed by atoms with E-state index in [0.29, 0.717) is 5.41 Å². The largest absolute Gasteiger partial charge is 0.498 e. The molecule has 0 fully saturated rings. The molecule has 0 bridgehead atoms. The highest BCUT2D eigenvalue weighted by atomic mass is 16.5. The Bertz CT molecular complexity index is 114. The fourth-order valence-corrected chi connectivity index (χ4v) is 0.421. The Hall–Kier alpha value is -0.460. The van der Waals surface area contributed by atoms with Gasteiger partial charge in [-0.2, -0.15) is 0 Å². The number of hydrogen-bond donors (Lipinski definition) is 0. The van der Waals surface area contributed by atoms with Gasteiger partial charge < -0.3 is 4.74 Å². The summed E-state index contributed by atoms with van der Waals surface area (Å²) in [5, 5.41) is 0. The molecule has 0 heterocycles. The summed E-state index contributed by atoms with van der Waals surface area (Å²) in [7, 11) is 0. The maximum absolute atomic E-state index is 5.30. The number of rotatable bonds is 4. The quantitative estimate of drug-likeness (QED) is 0.548. The molecule has 0 atom stereocenters. The second kappa shape index (κ2) is 3.65. The fraction of sp³-hybridized carbons (Fsp3) is 0.778. The van der Waals surface area contributed by atoms with Crippen molar-refractivity contribution < 1.29 is 4.74 Å². The summed E-state index contributed by atoms with van der Waals surface area (Å²) in [5.74, 6) is 0.807. The Morgan fingerprint density at radius 2 is 2.00 bits per heavy atom. The second-order valence-electron chi connectivity index (χ2n) is 3.51. The minimum Gasteiger partial charge on any atom is -0.498 e. The minimum absolute atomic E-state index is 0.291. The molecule has 0 rings (SSSR count). The van der Waals surface area contributed by atoms with Crippen molar-refractivity contribution in [3.05, 3.63) is 12.3 Å². The molecule has 1 nitrogen and oxygen atoms in total. The Kier molecular flexibility index (Phi) is 3.48. The topological polar surface area (TPSA) is 9.23 Å². The Morgan fingerprint density at radius 3 is 2.30 bits per heavy atom. The Morgan fingerprint density at radius 1 is 1.50 bits per heavy atom. The van der Waals surface area contributed by atoms with E-state index in [1.54, 1.807) is 0 Å². The Labute approximate surface area is 64.1 Å². The van der Waals surface area contributed by atoms with Crippen LogP contribution in [0, 0.1) is 5.41 Å². The summed E-state index contributed by atoms with van der Waals surface area (Å²) in [6.45, 7) is 12.9. The lowest BCUT2D eigenvalue weighted by Gasteiger charge is -2.22. The highest BCUT2D eigenvalue weighted by Crippen LogP contribution is 2.20. The van der Waals surface area contributed by atoms with E-state index in [1.165, 1.54) is 0 Å². The molecule has 1 heteroatoms. The van der Waals surface area contributed by atoms with Crippen LogP contribution in [0.15, 0.2) is 12.3 Å². The number of allylic oxidation sites excluding steroid dienone is 1. The number of hydrogen-bond acceptors (Lipinski definition) is 1. The molecule has 0 aliphatic heterocycles. The van der Waals surface area contributed by atoms with Crippen LogP contribution in [0.4, 0.5) is 0 Å². The van der Waals surface area contributed by atoms with E-state index >= 15 is 0 Å². The summed E-state index contributed by atoms with van der Waals surface area (Å²) in [5.41, 5.74) is 0.291. The van der Waals surface area contributed by atoms with Crippen LogP contribution in [0.25, 0.3) is 0 Å². The molecule has 0 saturated carbocycles. The first-order chi connectivity index (χ1) is 4.48. The van der Waals surface area contributed by atoms with Crippen LogP contribution < -0.4 is 0 Å². The van der Waals surface area contributed by atoms with Crippen LogP contribution >= 0.6 is 0 Å². The van der Waals surface area contributed by atoms with Gasteiger partial charge in [0.15, 0.2) is 0 Å². The molecule has 0 radical (unpaired) electrons. The highest BCUT2D eigenvalue weighted by molar-refractivity contribution is 4.76. The van der Waals surface area contributed by atoms with E-state index in [0.717, 1.165) is 18.8 Å². The fourth-order valence-electron chi connectivity index (χ4n) is 0.421. The van der Waals surface area contributed by atoms with Gasteiger partial charge in [0, 0.05) is 0 Å². The van der Waals surface area contributed by atoms with Crippen molar-refractivity contribution in [2.24, 2.45) is 5.41 Å². The van der Waals surface area contributed by atoms with Crippen molar-refractivity contribution in [3.8, 4) is 0 Å². The zero-order chi connectivity index (χ0) is 8.20. The molecule has 0 spiro atoms. The van der Waals surface area contributed by atoms with Crippen molar-refractivity contribution >= 4 is 0 Å². The molecule has 10 heavy (non-hydrogen) atoms. The molecular formula is C9H18O. The van der Waals surface area contributed by atoms with Crippen LogP contribution in [0.2, 0.25) is 0 Å². The SMILES string of the molecule is C=C(C)OCC(C)(C)CC. The predicted octanol–water partition coefficient (Wildman–Crippen LogP) is 2.97. The van der Waals surface area contributed by atoms with Crippen molar-refractivity contribution in [1.82, 2.24) is 0 Å². The smallest absolute Gasteiger partial charge is 0.0927 e. The van der Waals surface area contributed by atoms with E-state index in [4.69, 9.17) is 4.74 Å². The Balaban J connectivity index is 3.56. The molecule has 0 saturated heterocycles. The zero-order valence-corrected chi connectivity index (χ0v) is 7.53. The molecular weight excluding hydrogens is 124 g/mol. The maximum Gasteiger partial charge on any atom is 0.0927 e. The molecule has 0 aliphatic rings. The monoisotopic (exact) mass is 142 g/mol. The van der Waals surface area contributed by atoms with Gasteiger partial charge in [-0.25, -0.2) is 0 Å². The van der Waals surface area contributed by atoms with E-state index in [9.17, 15) is 0 Å². The summed E-state index contributed by atoms with van der Waals surface area (Å²) >= 11 is 0. The standard InChI is InChI=1S/C9H18O/c1-6-9(4,5)7-10-8(2)3/h2,6-7H2,1,3-5H3. The summed E-state index contributed by atoms with van der Waals surface area (Å²) in [4.78, 5) is 0. The lowest BCUT2D eigenvalue weighted by atomic mass is 9.92. The minimum atomic E-state index is 0.291. The molecule has 0 aromatic rings. The zero-order valence-electron chi connectivity index (χ0n) is 7.53. The molecule has 60 valence electrons. The van der Waals surface area contributed by atoms with Crippen LogP contribution in [0.1, 0.15) is 34.1 Å². The normalized spacial score (nSPS) is 11.2. The van der Waals surface area contributed by atoms with E-state index in [1.807, 2.05) is 6.92 Å². The number of ether oxygens (including phenoxy) is 1. The summed E-state index contributed by atoms with van der Waals surface area (Å²) < 4.78 is 5.30. The molecule has 0 unspecified atom stereocenters. The molecule has 0 N–H and O–H groups in total. The molecule has 0 aromatic carbocycles. The van der Waals surface area contributed by atoms with Crippen molar-refractivity contribution in [2.75, 3.05) is 6.61 Å². The van der Waals surface area contributed by atoms with Crippen molar-refractivity contribution in [1.29, 1.82) is 0 Å². The third kappa shape index (κ3) is 4.42. The third-order valence-electron chi connectivity index (χ3n) is 1.67. The van der Waals surface area contributed by atoms with E-state index in [2.05, 4.69) is 27.4 Å². The van der Waals surface area contributed by atoms with Gasteiger partial charge >= 0.3 is 0 Å². The van der Waals surface area contributed by atoms with Gasteiger partial charge in [0.2, 0.25) is 0 Å². The van der Waals surface area contributed by atoms with Gasteiger partial charge in [-0.1, -0.05) is 27.4 Å². The average Bonchev–Trinajstić information content (AvgIpc) is 1.85. The molecule has 0 aliphatic carbocycles. The van der Waals surface area contributed by atoms with E-state index < -0.39 is 0 Å². The average molecular weight is 142 g/mol. The van der Waals surface area contributed by atoms with Gasteiger partial charge in [0.1, 0.15) is 0 Å². The predicted molar refractivity (Wildman–Crippen MR) is 44.8 cm³/mol. The lowest BCUT2D eigenvalue weighted by Crippen LogP contribution is -2.17. The summed E-state index contributed by atoms with van der Waals surface area (Å²) in [6, 6.07) is 0. The first kappa shape index (κ1) is 9.54. The van der Waals surface area contributed by atoms with Gasteiger partial charge in [0.05, 0.1) is 12.4 Å². The first-order valence-corrected chi connectivity index (χ1v) is 3.76. The second-order valence-corrected chi connectivity index (χ2v) is 3.51. The third-order valence-corrected chi connectivity index (χ3v) is 1.67. The summed E-state index contributed by atoms with van der Waals surface area (Å²) in [6.07, 6.45) is 1.14. The van der Waals surface area contributed by atoms with Crippen LogP contribution in [-0.4, -0.2) is 6.61 Å². The molecule has 0 aromatic heterocycles. The van der Waals surface area contributed by atoms with Crippen LogP contribution in [0.5, 0.6) is 0 Å². The first-order valence-electron chi connectivity index (χ1n) is 3.76. The molecule has 0 amide bonds. The van der Waals surface area contributed by atoms with E-state index in [-0.39, 0.29) is 0 Å². The van der Waals surface area contributed by atoms with Gasteiger partial charge in [-0.15, -0.1) is 0 Å². The highest BCUT2D eigenvalue weighted by Gasteiger charge is 2.15. The lowest BCUT2D eigenvalue weighted by molar-refractivity contribution is 0.114. The maximum atomic E-state index is 5.30. The van der Waals surface area contributed by atoms with Crippen LogP contribution in [0.3, 0.4) is 0 Å².